The second-order valence-electron chi connectivity index (χ2n) is 4.77. The summed E-state index contributed by atoms with van der Waals surface area (Å²) in [5.74, 6) is 0. The number of imidazole rings is 1. The Labute approximate surface area is 116 Å². The van der Waals surface area contributed by atoms with Crippen LogP contribution in [0, 0.1) is 13.8 Å². The average molecular weight is 271 g/mol. The van der Waals surface area contributed by atoms with Crippen molar-refractivity contribution in [3.05, 3.63) is 36.3 Å². The SMILES string of the molecule is Cc1nn2cnnc2c(NCCCn2ccnc2)c1C. The van der Waals surface area contributed by atoms with Gasteiger partial charge in [0.15, 0.2) is 0 Å². The Bertz CT molecular complexity index is 699. The first-order valence-electron chi connectivity index (χ1n) is 6.62. The lowest BCUT2D eigenvalue weighted by atomic mass is 10.2. The Morgan fingerprint density at radius 2 is 2.15 bits per heavy atom. The van der Waals surface area contributed by atoms with Crippen molar-refractivity contribution in [3.8, 4) is 0 Å². The van der Waals surface area contributed by atoms with Crippen LogP contribution in [0.4, 0.5) is 5.69 Å². The monoisotopic (exact) mass is 271 g/mol. The number of hydrogen-bond acceptors (Lipinski definition) is 5. The fraction of sp³-hybridized carbons (Fsp3) is 0.385. The van der Waals surface area contributed by atoms with Crippen LogP contribution in [0.3, 0.4) is 0 Å². The summed E-state index contributed by atoms with van der Waals surface area (Å²) in [5.41, 5.74) is 3.89. The molecule has 20 heavy (non-hydrogen) atoms. The molecule has 0 unspecified atom stereocenters. The highest BCUT2D eigenvalue weighted by Crippen LogP contribution is 2.21. The van der Waals surface area contributed by atoms with Gasteiger partial charge >= 0.3 is 0 Å². The fourth-order valence-electron chi connectivity index (χ4n) is 2.16. The lowest BCUT2D eigenvalue weighted by Gasteiger charge is -2.12. The van der Waals surface area contributed by atoms with Gasteiger partial charge in [-0.3, -0.25) is 0 Å². The summed E-state index contributed by atoms with van der Waals surface area (Å²) >= 11 is 0. The molecule has 3 aromatic rings. The number of nitrogens with zero attached hydrogens (tertiary/aromatic N) is 6. The predicted molar refractivity (Wildman–Crippen MR) is 75.6 cm³/mol. The summed E-state index contributed by atoms with van der Waals surface area (Å²) in [7, 11) is 0. The van der Waals surface area contributed by atoms with Crippen LogP contribution >= 0.6 is 0 Å². The van der Waals surface area contributed by atoms with Gasteiger partial charge in [0.25, 0.3) is 0 Å². The first kappa shape index (κ1) is 12.6. The zero-order chi connectivity index (χ0) is 13.9. The third-order valence-corrected chi connectivity index (χ3v) is 3.38. The normalized spacial score (nSPS) is 11.1. The summed E-state index contributed by atoms with van der Waals surface area (Å²) in [5, 5.41) is 15.9. The Morgan fingerprint density at radius 3 is 2.95 bits per heavy atom. The average Bonchev–Trinajstić information content (AvgIpc) is 3.09. The number of fused-ring (bicyclic) bond motifs is 1. The number of rotatable bonds is 5. The van der Waals surface area contributed by atoms with E-state index in [1.54, 1.807) is 17.0 Å². The molecule has 0 saturated carbocycles. The maximum atomic E-state index is 4.40. The van der Waals surface area contributed by atoms with Gasteiger partial charge in [-0.05, 0) is 25.8 Å². The quantitative estimate of drug-likeness (QED) is 0.711. The molecule has 0 aliphatic rings. The highest BCUT2D eigenvalue weighted by atomic mass is 15.3. The van der Waals surface area contributed by atoms with Crippen molar-refractivity contribution in [2.24, 2.45) is 0 Å². The molecular weight excluding hydrogens is 254 g/mol. The molecule has 3 rings (SSSR count). The van der Waals surface area contributed by atoms with Crippen LogP contribution in [0.15, 0.2) is 25.0 Å². The van der Waals surface area contributed by atoms with Crippen molar-refractivity contribution in [3.63, 3.8) is 0 Å². The Hall–Kier alpha value is -2.44. The number of aryl methyl sites for hydroxylation is 2. The molecule has 0 fully saturated rings. The summed E-state index contributed by atoms with van der Waals surface area (Å²) in [4.78, 5) is 4.03. The van der Waals surface area contributed by atoms with Crippen LogP contribution in [0.2, 0.25) is 0 Å². The molecule has 3 heterocycles. The minimum atomic E-state index is 0.774. The van der Waals surface area contributed by atoms with Crippen LogP contribution in [0.25, 0.3) is 5.65 Å². The lowest BCUT2D eigenvalue weighted by molar-refractivity contribution is 0.660. The minimum Gasteiger partial charge on any atom is -0.382 e. The summed E-state index contributed by atoms with van der Waals surface area (Å²) in [6, 6.07) is 0. The fourth-order valence-corrected chi connectivity index (χ4v) is 2.16. The zero-order valence-corrected chi connectivity index (χ0v) is 11.6. The van der Waals surface area contributed by atoms with Gasteiger partial charge < -0.3 is 9.88 Å². The van der Waals surface area contributed by atoms with Crippen molar-refractivity contribution in [2.75, 3.05) is 11.9 Å². The molecule has 0 aliphatic heterocycles. The van der Waals surface area contributed by atoms with Crippen LogP contribution < -0.4 is 5.32 Å². The molecule has 7 heteroatoms. The van der Waals surface area contributed by atoms with Crippen molar-refractivity contribution in [2.45, 2.75) is 26.8 Å². The molecule has 0 atom stereocenters. The van der Waals surface area contributed by atoms with Crippen molar-refractivity contribution < 1.29 is 0 Å². The number of aromatic nitrogens is 6. The first-order chi connectivity index (χ1) is 9.75. The predicted octanol–water partition coefficient (Wildman–Crippen LogP) is 1.44. The maximum Gasteiger partial charge on any atom is 0.200 e. The number of anilines is 1. The van der Waals surface area contributed by atoms with E-state index in [0.29, 0.717) is 0 Å². The molecule has 0 aliphatic carbocycles. The number of hydrogen-bond donors (Lipinski definition) is 1. The lowest BCUT2D eigenvalue weighted by Crippen LogP contribution is -2.10. The van der Waals surface area contributed by atoms with E-state index in [1.807, 2.05) is 19.4 Å². The molecular formula is C13H17N7. The smallest absolute Gasteiger partial charge is 0.200 e. The largest absolute Gasteiger partial charge is 0.382 e. The van der Waals surface area contributed by atoms with Gasteiger partial charge in [-0.15, -0.1) is 10.2 Å². The zero-order valence-electron chi connectivity index (χ0n) is 11.6. The Morgan fingerprint density at radius 1 is 1.25 bits per heavy atom. The topological polar surface area (TPSA) is 72.9 Å². The molecule has 0 radical (unpaired) electrons. The van der Waals surface area contributed by atoms with E-state index in [2.05, 4.69) is 37.1 Å². The van der Waals surface area contributed by atoms with E-state index in [1.165, 1.54) is 0 Å². The van der Waals surface area contributed by atoms with Crippen LogP contribution in [0.5, 0.6) is 0 Å². The van der Waals surface area contributed by atoms with Gasteiger partial charge in [-0.2, -0.15) is 9.61 Å². The first-order valence-corrected chi connectivity index (χ1v) is 6.62. The van der Waals surface area contributed by atoms with Gasteiger partial charge in [-0.25, -0.2) is 4.98 Å². The van der Waals surface area contributed by atoms with E-state index in [9.17, 15) is 0 Å². The van der Waals surface area contributed by atoms with E-state index < -0.39 is 0 Å². The molecule has 1 N–H and O–H groups in total. The van der Waals surface area contributed by atoms with Crippen LogP contribution in [0.1, 0.15) is 17.7 Å². The maximum absolute atomic E-state index is 4.40. The van der Waals surface area contributed by atoms with Gasteiger partial charge in [0.05, 0.1) is 17.7 Å². The molecule has 0 saturated heterocycles. The molecule has 0 spiro atoms. The molecule has 104 valence electrons. The second-order valence-corrected chi connectivity index (χ2v) is 4.77. The molecule has 0 amide bonds. The van der Waals surface area contributed by atoms with Gasteiger partial charge in [0.1, 0.15) is 6.33 Å². The van der Waals surface area contributed by atoms with Crippen molar-refractivity contribution in [1.82, 2.24) is 29.4 Å². The van der Waals surface area contributed by atoms with Crippen LogP contribution in [-0.2, 0) is 6.54 Å². The van der Waals surface area contributed by atoms with E-state index >= 15 is 0 Å². The third kappa shape index (κ3) is 2.34. The van der Waals surface area contributed by atoms with Gasteiger partial charge in [0.2, 0.25) is 5.65 Å². The summed E-state index contributed by atoms with van der Waals surface area (Å²) < 4.78 is 3.78. The summed E-state index contributed by atoms with van der Waals surface area (Å²) in [6.07, 6.45) is 8.23. The van der Waals surface area contributed by atoms with Gasteiger partial charge in [-0.1, -0.05) is 0 Å². The van der Waals surface area contributed by atoms with Gasteiger partial charge in [0, 0.05) is 25.5 Å². The standard InChI is InChI=1S/C13H17N7/c1-10-11(2)18-20-9-16-17-13(20)12(10)15-4-3-6-19-7-5-14-8-19/h5,7-9,15H,3-4,6H2,1-2H3. The third-order valence-electron chi connectivity index (χ3n) is 3.38. The Balaban J connectivity index is 1.70. The second kappa shape index (κ2) is 5.28. The minimum absolute atomic E-state index is 0.774. The highest BCUT2D eigenvalue weighted by molar-refractivity contribution is 5.70. The number of nitrogens with one attached hydrogen (secondary N) is 1. The molecule has 0 bridgehead atoms. The van der Waals surface area contributed by atoms with E-state index in [0.717, 1.165) is 42.1 Å². The van der Waals surface area contributed by atoms with Crippen molar-refractivity contribution >= 4 is 11.3 Å². The molecule has 3 aromatic heterocycles. The van der Waals surface area contributed by atoms with E-state index in [-0.39, 0.29) is 0 Å². The molecule has 0 aromatic carbocycles. The van der Waals surface area contributed by atoms with Crippen LogP contribution in [-0.4, -0.2) is 35.9 Å². The van der Waals surface area contributed by atoms with Crippen molar-refractivity contribution in [1.29, 1.82) is 0 Å². The Kier molecular flexibility index (Phi) is 3.32. The van der Waals surface area contributed by atoms with E-state index in [4.69, 9.17) is 0 Å². The molecule has 7 nitrogen and oxygen atoms in total. The highest BCUT2D eigenvalue weighted by Gasteiger charge is 2.10. The summed E-state index contributed by atoms with van der Waals surface area (Å²) in [6.45, 7) is 5.85.